The van der Waals surface area contributed by atoms with Gasteiger partial charge in [-0.05, 0) is 25.0 Å². The van der Waals surface area contributed by atoms with Crippen molar-refractivity contribution in [3.05, 3.63) is 42.1 Å². The first-order chi connectivity index (χ1) is 10.7. The van der Waals surface area contributed by atoms with Gasteiger partial charge in [0, 0.05) is 38.3 Å². The third-order valence-corrected chi connectivity index (χ3v) is 3.43. The third-order valence-electron chi connectivity index (χ3n) is 3.43. The fourth-order valence-corrected chi connectivity index (χ4v) is 2.40. The minimum absolute atomic E-state index is 0.218. The van der Waals surface area contributed by atoms with Crippen LogP contribution in [0.3, 0.4) is 0 Å². The molecule has 22 heavy (non-hydrogen) atoms. The molecule has 5 heteroatoms. The highest BCUT2D eigenvalue weighted by Gasteiger charge is 2.05. The van der Waals surface area contributed by atoms with E-state index in [0.717, 1.165) is 24.4 Å². The molecule has 0 aliphatic rings. The summed E-state index contributed by atoms with van der Waals surface area (Å²) in [5.74, 6) is 0.790. The largest absolute Gasteiger partial charge is 0.383 e. The molecule has 0 bridgehead atoms. The van der Waals surface area contributed by atoms with Crippen LogP contribution in [0.1, 0.15) is 12.5 Å². The van der Waals surface area contributed by atoms with Crippen LogP contribution in [-0.2, 0) is 11.2 Å². The molecule has 0 saturated heterocycles. The second-order valence-corrected chi connectivity index (χ2v) is 5.24. The van der Waals surface area contributed by atoms with E-state index >= 15 is 0 Å². The van der Waals surface area contributed by atoms with Gasteiger partial charge in [0.15, 0.2) is 5.96 Å². The van der Waals surface area contributed by atoms with E-state index in [1.54, 1.807) is 14.2 Å². The van der Waals surface area contributed by atoms with Gasteiger partial charge in [-0.1, -0.05) is 24.3 Å². The number of hydrogen-bond donors (Lipinski definition) is 2. The molecule has 118 valence electrons. The number of hydrogen-bond acceptors (Lipinski definition) is 3. The average Bonchev–Trinajstić information content (AvgIpc) is 2.54. The monoisotopic (exact) mass is 300 g/mol. The molecule has 0 amide bonds. The number of para-hydroxylation sites is 1. The Kier molecular flexibility index (Phi) is 6.15. The lowest BCUT2D eigenvalue weighted by Gasteiger charge is -2.17. The summed E-state index contributed by atoms with van der Waals surface area (Å²) in [6.07, 6.45) is 2.74. The first kappa shape index (κ1) is 16.2. The topological polar surface area (TPSA) is 58.5 Å². The number of guanidine groups is 1. The number of nitrogens with zero attached hydrogens (tertiary/aromatic N) is 2. The van der Waals surface area contributed by atoms with Crippen LogP contribution in [-0.4, -0.2) is 44.3 Å². The summed E-state index contributed by atoms with van der Waals surface area (Å²) in [6.45, 7) is 3.51. The maximum Gasteiger partial charge on any atom is 0.191 e. The van der Waals surface area contributed by atoms with E-state index < -0.39 is 0 Å². The van der Waals surface area contributed by atoms with Crippen molar-refractivity contribution in [3.8, 4) is 0 Å². The van der Waals surface area contributed by atoms with Crippen LogP contribution < -0.4 is 10.6 Å². The van der Waals surface area contributed by atoms with Crippen LogP contribution in [0.5, 0.6) is 0 Å². The van der Waals surface area contributed by atoms with Gasteiger partial charge in [-0.2, -0.15) is 0 Å². The lowest BCUT2D eigenvalue weighted by molar-refractivity contribution is 0.179. The van der Waals surface area contributed by atoms with Gasteiger partial charge >= 0.3 is 0 Å². The summed E-state index contributed by atoms with van der Waals surface area (Å²) in [5, 5.41) is 7.79. The second kappa shape index (κ2) is 8.34. The van der Waals surface area contributed by atoms with Crippen LogP contribution in [0.15, 0.2) is 41.5 Å². The first-order valence-electron chi connectivity index (χ1n) is 7.53. The first-order valence-corrected chi connectivity index (χ1v) is 7.53. The lowest BCUT2D eigenvalue weighted by atomic mass is 10.1. The van der Waals surface area contributed by atoms with Crippen molar-refractivity contribution < 1.29 is 4.74 Å². The van der Waals surface area contributed by atoms with Crippen molar-refractivity contribution in [2.24, 2.45) is 4.99 Å². The number of fused-ring (bicyclic) bond motifs is 1. The Bertz CT molecular complexity index is 622. The van der Waals surface area contributed by atoms with E-state index in [4.69, 9.17) is 4.74 Å². The molecule has 1 heterocycles. The van der Waals surface area contributed by atoms with Crippen LogP contribution in [0.25, 0.3) is 10.9 Å². The zero-order valence-electron chi connectivity index (χ0n) is 13.5. The van der Waals surface area contributed by atoms with Crippen LogP contribution in [0, 0.1) is 0 Å². The van der Waals surface area contributed by atoms with Crippen molar-refractivity contribution in [1.82, 2.24) is 15.6 Å². The number of pyridine rings is 1. The van der Waals surface area contributed by atoms with Crippen LogP contribution >= 0.6 is 0 Å². The molecule has 0 radical (unpaired) electrons. The Hall–Kier alpha value is -2.14. The highest BCUT2D eigenvalue weighted by molar-refractivity contribution is 5.82. The summed E-state index contributed by atoms with van der Waals surface area (Å²) < 4.78 is 5.12. The summed E-state index contributed by atoms with van der Waals surface area (Å²) in [4.78, 5) is 8.71. The predicted molar refractivity (Wildman–Crippen MR) is 91.3 cm³/mol. The standard InChI is InChI=1S/C17H24N4O/c1-13(12-22-3)21-17(18-2)20-11-9-15-7-4-6-14-8-5-10-19-16(14)15/h4-8,10,13H,9,11-12H2,1-3H3,(H2,18,20,21). The number of ether oxygens (including phenoxy) is 1. The van der Waals surface area contributed by atoms with Crippen molar-refractivity contribution in [3.63, 3.8) is 0 Å². The smallest absolute Gasteiger partial charge is 0.191 e. The van der Waals surface area contributed by atoms with Gasteiger partial charge < -0.3 is 15.4 Å². The summed E-state index contributed by atoms with van der Waals surface area (Å²) in [6, 6.07) is 10.6. The molecule has 1 unspecified atom stereocenters. The van der Waals surface area contributed by atoms with E-state index in [1.807, 2.05) is 12.3 Å². The fourth-order valence-electron chi connectivity index (χ4n) is 2.40. The van der Waals surface area contributed by atoms with Gasteiger partial charge in [0.05, 0.1) is 12.1 Å². The molecule has 0 aliphatic carbocycles. The molecule has 2 N–H and O–H groups in total. The Morgan fingerprint density at radius 1 is 1.32 bits per heavy atom. The van der Waals surface area contributed by atoms with E-state index in [9.17, 15) is 0 Å². The molecule has 0 fully saturated rings. The number of rotatable bonds is 6. The Morgan fingerprint density at radius 2 is 2.14 bits per heavy atom. The van der Waals surface area contributed by atoms with E-state index in [2.05, 4.69) is 51.8 Å². The zero-order chi connectivity index (χ0) is 15.8. The molecule has 2 aromatic rings. The Morgan fingerprint density at radius 3 is 2.91 bits per heavy atom. The van der Waals surface area contributed by atoms with Crippen molar-refractivity contribution in [2.75, 3.05) is 27.3 Å². The van der Waals surface area contributed by atoms with Gasteiger partial charge in [0.1, 0.15) is 0 Å². The number of aromatic nitrogens is 1. The summed E-state index contributed by atoms with van der Waals surface area (Å²) in [5.41, 5.74) is 2.31. The quantitative estimate of drug-likeness (QED) is 0.632. The molecule has 0 spiro atoms. The SMILES string of the molecule is CN=C(NCCc1cccc2cccnc12)NC(C)COC. The Labute approximate surface area is 131 Å². The van der Waals surface area contributed by atoms with Gasteiger partial charge in [-0.3, -0.25) is 9.98 Å². The molecule has 1 aromatic heterocycles. The van der Waals surface area contributed by atoms with E-state index in [1.165, 1.54) is 10.9 Å². The highest BCUT2D eigenvalue weighted by atomic mass is 16.5. The van der Waals surface area contributed by atoms with Crippen molar-refractivity contribution in [1.29, 1.82) is 0 Å². The highest BCUT2D eigenvalue weighted by Crippen LogP contribution is 2.15. The molecule has 0 aliphatic heterocycles. The number of benzene rings is 1. The molecule has 5 nitrogen and oxygen atoms in total. The third kappa shape index (κ3) is 4.43. The zero-order valence-corrected chi connectivity index (χ0v) is 13.5. The molecule has 1 aromatic carbocycles. The van der Waals surface area contributed by atoms with Crippen molar-refractivity contribution in [2.45, 2.75) is 19.4 Å². The number of methoxy groups -OCH3 is 1. The number of nitrogens with one attached hydrogen (secondary N) is 2. The summed E-state index contributed by atoms with van der Waals surface area (Å²) >= 11 is 0. The average molecular weight is 300 g/mol. The van der Waals surface area contributed by atoms with Gasteiger partial charge in [0.2, 0.25) is 0 Å². The maximum atomic E-state index is 5.12. The van der Waals surface area contributed by atoms with E-state index in [0.29, 0.717) is 6.61 Å². The predicted octanol–water partition coefficient (Wildman–Crippen LogP) is 1.98. The molecule has 0 saturated carbocycles. The minimum Gasteiger partial charge on any atom is -0.383 e. The van der Waals surface area contributed by atoms with Gasteiger partial charge in [-0.15, -0.1) is 0 Å². The second-order valence-electron chi connectivity index (χ2n) is 5.24. The maximum absolute atomic E-state index is 5.12. The van der Waals surface area contributed by atoms with Crippen molar-refractivity contribution >= 4 is 16.9 Å². The fraction of sp³-hybridized carbons (Fsp3) is 0.412. The van der Waals surface area contributed by atoms with Gasteiger partial charge in [0.25, 0.3) is 0 Å². The minimum atomic E-state index is 0.218. The van der Waals surface area contributed by atoms with Crippen LogP contribution in [0.2, 0.25) is 0 Å². The molecule has 2 rings (SSSR count). The van der Waals surface area contributed by atoms with Crippen LogP contribution in [0.4, 0.5) is 0 Å². The summed E-state index contributed by atoms with van der Waals surface area (Å²) in [7, 11) is 3.47. The molecular formula is C17H24N4O. The molecule has 1 atom stereocenters. The Balaban J connectivity index is 1.92. The normalized spacial score (nSPS) is 13.1. The molecular weight excluding hydrogens is 276 g/mol. The van der Waals surface area contributed by atoms with E-state index in [-0.39, 0.29) is 6.04 Å². The van der Waals surface area contributed by atoms with Gasteiger partial charge in [-0.25, -0.2) is 0 Å². The number of aliphatic imine (C=N–C) groups is 1. The lowest BCUT2D eigenvalue weighted by Crippen LogP contribution is -2.44.